The van der Waals surface area contributed by atoms with Crippen molar-refractivity contribution in [3.05, 3.63) is 59.2 Å². The second-order valence-electron chi connectivity index (χ2n) is 7.21. The second-order valence-corrected chi connectivity index (χ2v) is 7.65. The normalized spacial score (nSPS) is 16.0. The zero-order valence-corrected chi connectivity index (χ0v) is 16.4. The van der Waals surface area contributed by atoms with Gasteiger partial charge in [0.25, 0.3) is 5.91 Å². The van der Waals surface area contributed by atoms with E-state index in [1.54, 1.807) is 35.4 Å². The number of carbonyl (C=O) groups is 2. The Morgan fingerprint density at radius 2 is 1.90 bits per heavy atom. The zero-order valence-electron chi connectivity index (χ0n) is 15.6. The Morgan fingerprint density at radius 3 is 2.62 bits per heavy atom. The molecule has 1 atom stereocenters. The van der Waals surface area contributed by atoms with Gasteiger partial charge in [0.05, 0.1) is 11.7 Å². The van der Waals surface area contributed by atoms with E-state index < -0.39 is 6.10 Å². The number of piperidine rings is 1. The number of nitrogens with one attached hydrogen (secondary N) is 2. The number of amides is 2. The third-order valence-corrected chi connectivity index (χ3v) is 5.56. The topological polar surface area (TPSA) is 98.3 Å². The molecule has 1 aliphatic heterocycles. The maximum absolute atomic E-state index is 12.6. The molecule has 29 heavy (non-hydrogen) atoms. The summed E-state index contributed by atoms with van der Waals surface area (Å²) in [5.74, 6) is -0.582. The molecule has 8 heteroatoms. The quantitative estimate of drug-likeness (QED) is 0.613. The maximum atomic E-state index is 12.6. The minimum atomic E-state index is -1.22. The van der Waals surface area contributed by atoms with Crippen molar-refractivity contribution in [2.75, 3.05) is 18.4 Å². The van der Waals surface area contributed by atoms with Crippen LogP contribution in [0.5, 0.6) is 0 Å². The molecule has 2 amide bonds. The summed E-state index contributed by atoms with van der Waals surface area (Å²) < 4.78 is 0. The van der Waals surface area contributed by atoms with Crippen LogP contribution in [0.4, 0.5) is 5.69 Å². The molecule has 0 saturated carbocycles. The lowest BCUT2D eigenvalue weighted by molar-refractivity contribution is -0.143. The fourth-order valence-electron chi connectivity index (χ4n) is 3.59. The van der Waals surface area contributed by atoms with Crippen LogP contribution in [0.3, 0.4) is 0 Å². The van der Waals surface area contributed by atoms with Crippen molar-refractivity contribution in [3.8, 4) is 0 Å². The summed E-state index contributed by atoms with van der Waals surface area (Å²) in [4.78, 5) is 26.8. The van der Waals surface area contributed by atoms with E-state index in [9.17, 15) is 14.7 Å². The Morgan fingerprint density at radius 1 is 1.17 bits per heavy atom. The number of fused-ring (bicyclic) bond motifs is 1. The molecule has 0 spiro atoms. The van der Waals surface area contributed by atoms with E-state index in [0.717, 1.165) is 16.6 Å². The molecule has 3 aromatic rings. The Bertz CT molecular complexity index is 1030. The first-order chi connectivity index (χ1) is 14.0. The Kier molecular flexibility index (Phi) is 5.51. The molecule has 1 saturated heterocycles. The molecule has 0 aliphatic carbocycles. The van der Waals surface area contributed by atoms with Crippen molar-refractivity contribution in [3.63, 3.8) is 0 Å². The van der Waals surface area contributed by atoms with Crippen LogP contribution >= 0.6 is 11.6 Å². The van der Waals surface area contributed by atoms with Crippen molar-refractivity contribution >= 4 is 40.0 Å². The summed E-state index contributed by atoms with van der Waals surface area (Å²) in [6.07, 6.45) is 1.60. The molecule has 4 rings (SSSR count). The van der Waals surface area contributed by atoms with Gasteiger partial charge in [0.15, 0.2) is 6.10 Å². The van der Waals surface area contributed by atoms with Crippen molar-refractivity contribution in [2.24, 2.45) is 5.92 Å². The van der Waals surface area contributed by atoms with Crippen molar-refractivity contribution in [1.29, 1.82) is 0 Å². The number of likely N-dealkylation sites (tertiary alicyclic amines) is 1. The highest BCUT2D eigenvalue weighted by molar-refractivity contribution is 6.30. The number of benzene rings is 2. The predicted octanol–water partition coefficient (Wildman–Crippen LogP) is 3.13. The molecule has 2 aromatic carbocycles. The van der Waals surface area contributed by atoms with E-state index in [2.05, 4.69) is 15.5 Å². The average molecular weight is 413 g/mol. The lowest BCUT2D eigenvalue weighted by Crippen LogP contribution is -2.43. The summed E-state index contributed by atoms with van der Waals surface area (Å²) in [5.41, 5.74) is 2.14. The molecule has 1 unspecified atom stereocenters. The Labute approximate surface area is 172 Å². The van der Waals surface area contributed by atoms with Crippen LogP contribution in [-0.4, -0.2) is 45.1 Å². The van der Waals surface area contributed by atoms with Gasteiger partial charge in [0.2, 0.25) is 5.91 Å². The number of anilines is 1. The molecule has 1 aliphatic rings. The van der Waals surface area contributed by atoms with E-state index in [1.807, 2.05) is 18.2 Å². The van der Waals surface area contributed by atoms with Gasteiger partial charge in [0, 0.05) is 35.1 Å². The van der Waals surface area contributed by atoms with E-state index in [1.165, 1.54) is 0 Å². The largest absolute Gasteiger partial charge is 0.378 e. The fourth-order valence-corrected chi connectivity index (χ4v) is 3.71. The lowest BCUT2D eigenvalue weighted by atomic mass is 9.95. The maximum Gasteiger partial charge on any atom is 0.256 e. The van der Waals surface area contributed by atoms with Crippen LogP contribution in [0.2, 0.25) is 5.02 Å². The van der Waals surface area contributed by atoms with Gasteiger partial charge < -0.3 is 15.3 Å². The highest BCUT2D eigenvalue weighted by Crippen LogP contribution is 2.24. The highest BCUT2D eigenvalue weighted by atomic mass is 35.5. The average Bonchev–Trinajstić information content (AvgIpc) is 3.21. The number of hydrogen-bond acceptors (Lipinski definition) is 4. The monoisotopic (exact) mass is 412 g/mol. The van der Waals surface area contributed by atoms with Crippen LogP contribution in [0.15, 0.2) is 48.7 Å². The number of aromatic nitrogens is 2. The van der Waals surface area contributed by atoms with Crippen LogP contribution in [0, 0.1) is 5.92 Å². The highest BCUT2D eigenvalue weighted by Gasteiger charge is 2.30. The molecule has 7 nitrogen and oxygen atoms in total. The molecule has 0 radical (unpaired) electrons. The van der Waals surface area contributed by atoms with Gasteiger partial charge in [-0.3, -0.25) is 14.7 Å². The van der Waals surface area contributed by atoms with Crippen molar-refractivity contribution < 1.29 is 14.7 Å². The first-order valence-electron chi connectivity index (χ1n) is 9.47. The molecular formula is C21H21ClN4O3. The molecule has 150 valence electrons. The smallest absolute Gasteiger partial charge is 0.256 e. The zero-order chi connectivity index (χ0) is 20.4. The Hall–Kier alpha value is -2.90. The summed E-state index contributed by atoms with van der Waals surface area (Å²) >= 11 is 5.85. The van der Waals surface area contributed by atoms with Crippen LogP contribution in [0.25, 0.3) is 10.9 Å². The summed E-state index contributed by atoms with van der Waals surface area (Å²) in [5, 5.41) is 21.6. The molecule has 1 fully saturated rings. The molecule has 3 N–H and O–H groups in total. The van der Waals surface area contributed by atoms with Gasteiger partial charge in [0.1, 0.15) is 0 Å². The lowest BCUT2D eigenvalue weighted by Gasteiger charge is -2.32. The van der Waals surface area contributed by atoms with E-state index >= 15 is 0 Å². The van der Waals surface area contributed by atoms with Crippen LogP contribution < -0.4 is 5.32 Å². The van der Waals surface area contributed by atoms with Gasteiger partial charge in [-0.1, -0.05) is 23.7 Å². The molecule has 1 aromatic heterocycles. The second kappa shape index (κ2) is 8.23. The van der Waals surface area contributed by atoms with Gasteiger partial charge in [-0.05, 0) is 48.7 Å². The minimum Gasteiger partial charge on any atom is -0.378 e. The fraction of sp³-hybridized carbons (Fsp3) is 0.286. The number of aromatic amines is 1. The Balaban J connectivity index is 1.32. The molecule has 2 heterocycles. The van der Waals surface area contributed by atoms with Crippen LogP contribution in [-0.2, 0) is 9.59 Å². The van der Waals surface area contributed by atoms with E-state index in [-0.39, 0.29) is 17.7 Å². The summed E-state index contributed by atoms with van der Waals surface area (Å²) in [6, 6.07) is 12.1. The number of aliphatic hydroxyl groups excluding tert-OH is 1. The number of carbonyl (C=O) groups excluding carboxylic acids is 2. The number of H-pyrrole nitrogens is 1. The van der Waals surface area contributed by atoms with Crippen molar-refractivity contribution in [2.45, 2.75) is 18.9 Å². The molecule has 0 bridgehead atoms. The first-order valence-corrected chi connectivity index (χ1v) is 9.85. The SMILES string of the molecule is O=C(Nc1ccc2[nH]ncc2c1)C1CCN(C(=O)C(O)c2ccc(Cl)cc2)CC1. The number of halogens is 1. The first kappa shape index (κ1) is 19.4. The number of rotatable bonds is 4. The molecular weight excluding hydrogens is 392 g/mol. The van der Waals surface area contributed by atoms with Gasteiger partial charge >= 0.3 is 0 Å². The van der Waals surface area contributed by atoms with E-state index in [0.29, 0.717) is 36.5 Å². The van der Waals surface area contributed by atoms with Crippen LogP contribution in [0.1, 0.15) is 24.5 Å². The van der Waals surface area contributed by atoms with Gasteiger partial charge in [-0.25, -0.2) is 0 Å². The van der Waals surface area contributed by atoms with Gasteiger partial charge in [-0.15, -0.1) is 0 Å². The minimum absolute atomic E-state index is 0.0572. The number of hydrogen-bond donors (Lipinski definition) is 3. The van der Waals surface area contributed by atoms with Crippen molar-refractivity contribution in [1.82, 2.24) is 15.1 Å². The predicted molar refractivity (Wildman–Crippen MR) is 110 cm³/mol. The summed E-state index contributed by atoms with van der Waals surface area (Å²) in [7, 11) is 0. The number of aliphatic hydroxyl groups is 1. The standard InChI is InChI=1S/C21H21ClN4O3/c22-16-3-1-13(2-4-16)19(27)21(29)26-9-7-14(8-10-26)20(28)24-17-5-6-18-15(11-17)12-23-25-18/h1-6,11-12,14,19,27H,7-10H2,(H,23,25)(H,24,28). The number of nitrogens with zero attached hydrogens (tertiary/aromatic N) is 2. The van der Waals surface area contributed by atoms with Gasteiger partial charge in [-0.2, -0.15) is 5.10 Å². The third kappa shape index (κ3) is 4.26. The summed E-state index contributed by atoms with van der Waals surface area (Å²) in [6.45, 7) is 0.866. The third-order valence-electron chi connectivity index (χ3n) is 5.30. The van der Waals surface area contributed by atoms with E-state index in [4.69, 9.17) is 11.6 Å².